The van der Waals surface area contributed by atoms with Crippen LogP contribution in [0.3, 0.4) is 0 Å². The molecule has 0 aliphatic carbocycles. The second kappa shape index (κ2) is 34.0. The molecule has 21 heteroatoms. The zero-order valence-electron chi connectivity index (χ0n) is 50.2. The predicted molar refractivity (Wildman–Crippen MR) is 317 cm³/mol. The van der Waals surface area contributed by atoms with Crippen LogP contribution in [0.5, 0.6) is 23.0 Å². The van der Waals surface area contributed by atoms with Crippen molar-refractivity contribution < 1.29 is 97.9 Å². The van der Waals surface area contributed by atoms with Gasteiger partial charge in [0.25, 0.3) is 0 Å². The Morgan fingerprint density at radius 2 is 1.45 bits per heavy atom. The number of aliphatic hydroxyl groups excluding tert-OH is 7. The van der Waals surface area contributed by atoms with Crippen LogP contribution in [-0.2, 0) is 39.7 Å². The summed E-state index contributed by atoms with van der Waals surface area (Å²) in [6, 6.07) is 14.4. The van der Waals surface area contributed by atoms with Crippen molar-refractivity contribution in [1.82, 2.24) is 0 Å². The van der Waals surface area contributed by atoms with E-state index in [-0.39, 0.29) is 65.8 Å². The molecule has 0 amide bonds. The fourth-order valence-electron chi connectivity index (χ4n) is 9.12. The van der Waals surface area contributed by atoms with Crippen LogP contribution in [0.4, 0.5) is 0 Å². The Kier molecular flexibility index (Phi) is 29.1. The lowest BCUT2D eigenvalue weighted by atomic mass is 9.84. The number of esters is 1. The van der Waals surface area contributed by atoms with Gasteiger partial charge in [-0.1, -0.05) is 79.7 Å². The zero-order chi connectivity index (χ0) is 62.9. The van der Waals surface area contributed by atoms with Gasteiger partial charge in [0.1, 0.15) is 54.1 Å². The molecule has 472 valence electrons. The number of Topliss-reactive ketones (excluding diaryl/α,β-unsaturated/α-hetero) is 2. The number of benzene rings is 3. The summed E-state index contributed by atoms with van der Waals surface area (Å²) in [5.74, 6) is -0.384. The average Bonchev–Trinajstić information content (AvgIpc) is 3.35. The maximum absolute atomic E-state index is 12.2. The maximum atomic E-state index is 12.2. The van der Waals surface area contributed by atoms with E-state index in [0.717, 1.165) is 23.5 Å². The van der Waals surface area contributed by atoms with Crippen LogP contribution in [0.25, 0.3) is 11.0 Å². The zero-order valence-corrected chi connectivity index (χ0v) is 50.2. The summed E-state index contributed by atoms with van der Waals surface area (Å²) >= 11 is 0. The van der Waals surface area contributed by atoms with Gasteiger partial charge in [-0.25, -0.2) is 0 Å². The summed E-state index contributed by atoms with van der Waals surface area (Å²) in [4.78, 5) is 47.8. The number of aromatic hydroxyl groups is 2. The molecule has 8 rings (SSSR count). The van der Waals surface area contributed by atoms with Crippen molar-refractivity contribution in [1.29, 1.82) is 0 Å². The van der Waals surface area contributed by atoms with E-state index < -0.39 is 91.9 Å². The number of hydrogen-bond donors (Lipinski definition) is 9. The number of hydrogen-bond acceptors (Lipinski definition) is 21. The Hall–Kier alpha value is -6.50. The van der Waals surface area contributed by atoms with Gasteiger partial charge in [-0.2, -0.15) is 0 Å². The second-order valence-corrected chi connectivity index (χ2v) is 20.8. The van der Waals surface area contributed by atoms with Gasteiger partial charge in [0.05, 0.1) is 49.2 Å². The number of aliphatic hydroxyl groups is 7. The Bertz CT molecular complexity index is 2980. The first-order chi connectivity index (χ1) is 39.8. The highest BCUT2D eigenvalue weighted by molar-refractivity contribution is 6.13. The minimum absolute atomic E-state index is 0. The molecule has 5 heterocycles. The van der Waals surface area contributed by atoms with Crippen LogP contribution < -0.4 is 14.9 Å². The highest BCUT2D eigenvalue weighted by atomic mass is 16.8. The van der Waals surface area contributed by atoms with Crippen molar-refractivity contribution in [3.63, 3.8) is 0 Å². The molecule has 12 unspecified atom stereocenters. The van der Waals surface area contributed by atoms with Crippen molar-refractivity contribution in [2.45, 2.75) is 191 Å². The van der Waals surface area contributed by atoms with Gasteiger partial charge in [0, 0.05) is 22.6 Å². The standard InChI is InChI=1S/C20H30O10.C16H18O8.C14H22O.C11H10O2.C2H6.CH4/c1-4-6-27-15(23)7-12-11(5-2)19(28-9-13(12)10(3)22)30-20-18(26)17(25)16(24)14(8-21)29-20;1-3-8-11(18)7-4-5-9(12(19)15(7)23-8)24-16-14(21)13(20)10(17)6(2)22-16;1-5-10(2)12(4)8-13-7-6-11(3)14(15)9-13;1-7-3-4-9-10(5-7)13-6-8(2)11(9)12;1-2;/h5,9,12,14,16-21,24-26H,4,6-8H2,1-3H3;3-6,10,13-14,16-17,19-21H,1-2H3;6-7,9-10,12,15H,5,8H2,1-4H3;3-6H,1-2H3;1-2H3;1H4/b11-5+;8-3-;;;;/t12-,14?,16?,17?,18?,19-,20?;;;;;/m0...../s1. The van der Waals surface area contributed by atoms with E-state index >= 15 is 0 Å². The molecule has 4 aromatic rings. The van der Waals surface area contributed by atoms with E-state index in [1.54, 1.807) is 26.8 Å². The molecule has 0 radical (unpaired) electrons. The monoisotopic (exact) mass is 1190 g/mol. The van der Waals surface area contributed by atoms with Crippen molar-refractivity contribution in [3.8, 4) is 23.0 Å². The van der Waals surface area contributed by atoms with E-state index in [0.29, 0.717) is 40.2 Å². The largest absolute Gasteiger partial charge is 0.508 e. The van der Waals surface area contributed by atoms with Gasteiger partial charge in [0.2, 0.25) is 24.1 Å². The molecule has 9 N–H and O–H groups in total. The van der Waals surface area contributed by atoms with Gasteiger partial charge in [-0.15, -0.1) is 0 Å². The molecular weight excluding hydrogens is 1100 g/mol. The highest BCUT2D eigenvalue weighted by Gasteiger charge is 2.47. The number of ketones is 2. The molecule has 21 nitrogen and oxygen atoms in total. The normalized spacial score (nSPS) is 26.5. The Balaban J connectivity index is 0.000000307. The van der Waals surface area contributed by atoms with Gasteiger partial charge in [-0.05, 0) is 126 Å². The summed E-state index contributed by atoms with van der Waals surface area (Å²) in [6.45, 7) is 24.2. The van der Waals surface area contributed by atoms with Crippen LogP contribution in [0.15, 0.2) is 99.3 Å². The fraction of sp³-hybridized carbons (Fsp3) is 0.531. The lowest BCUT2D eigenvalue weighted by Gasteiger charge is -2.42. The smallest absolute Gasteiger partial charge is 0.306 e. The topological polar surface area (TPSA) is 328 Å². The number of aryl methyl sites for hydroxylation is 3. The lowest BCUT2D eigenvalue weighted by Crippen LogP contribution is -2.60. The summed E-state index contributed by atoms with van der Waals surface area (Å²) in [5, 5.41) is 89.3. The Labute approximate surface area is 497 Å². The summed E-state index contributed by atoms with van der Waals surface area (Å²) < 4.78 is 43.0. The number of ether oxygens (including phenoxy) is 7. The van der Waals surface area contributed by atoms with Crippen molar-refractivity contribution in [2.24, 2.45) is 17.8 Å². The molecule has 2 saturated heterocycles. The van der Waals surface area contributed by atoms with Gasteiger partial charge in [-0.3, -0.25) is 19.2 Å². The fourth-order valence-corrected chi connectivity index (χ4v) is 9.12. The third-order valence-electron chi connectivity index (χ3n) is 14.7. The van der Waals surface area contributed by atoms with Gasteiger partial charge >= 0.3 is 5.97 Å². The third-order valence-corrected chi connectivity index (χ3v) is 14.7. The van der Waals surface area contributed by atoms with Crippen LogP contribution in [0.2, 0.25) is 0 Å². The number of phenols is 2. The van der Waals surface area contributed by atoms with Crippen LogP contribution >= 0.6 is 0 Å². The van der Waals surface area contributed by atoms with E-state index in [2.05, 4.69) is 26.8 Å². The molecule has 4 aliphatic rings. The second-order valence-electron chi connectivity index (χ2n) is 20.8. The Morgan fingerprint density at radius 3 is 2.05 bits per heavy atom. The Morgan fingerprint density at radius 1 is 0.788 bits per heavy atom. The summed E-state index contributed by atoms with van der Waals surface area (Å²) in [6.07, 6.45) is -6.13. The van der Waals surface area contributed by atoms with Crippen molar-refractivity contribution >= 4 is 28.5 Å². The predicted octanol–water partition coefficient (Wildman–Crippen LogP) is 7.61. The maximum Gasteiger partial charge on any atom is 0.306 e. The number of carbonyl (C=O) groups is 3. The SMILES string of the molecule is C.C/C=C1/[C@H](OC2OC(CO)C(O)C(O)C2O)OC=C(C(C)=O)[C@H]1CC(=O)OCCC.C/C=C1\Oc2c(ccc(OC3OC(C)C(O)C(O)C3O)c2O)C1=O.CC.CCC(C)C(C)Cc1ccc(C)c(O)c1.Cc1ccc2c(=O)c(C)coc2c1. The number of fused-ring (bicyclic) bond motifs is 2. The molecule has 85 heavy (non-hydrogen) atoms. The summed E-state index contributed by atoms with van der Waals surface area (Å²) in [7, 11) is 0. The van der Waals surface area contributed by atoms with E-state index in [1.807, 2.05) is 65.0 Å². The van der Waals surface area contributed by atoms with E-state index in [4.69, 9.17) is 37.6 Å². The number of carbonyl (C=O) groups excluding carboxylic acids is 3. The molecule has 0 spiro atoms. The molecular formula is C64H90O21. The first-order valence-corrected chi connectivity index (χ1v) is 28.3. The van der Waals surface area contributed by atoms with Crippen molar-refractivity contribution in [2.75, 3.05) is 13.2 Å². The third kappa shape index (κ3) is 18.5. The van der Waals surface area contributed by atoms with Crippen LogP contribution in [0.1, 0.15) is 129 Å². The molecule has 14 atom stereocenters. The number of phenolic OH excluding ortho intramolecular Hbond substituents is 2. The first-order valence-electron chi connectivity index (χ1n) is 28.3. The molecule has 1 aromatic heterocycles. The van der Waals surface area contributed by atoms with E-state index in [1.165, 1.54) is 56.6 Å². The van der Waals surface area contributed by atoms with Gasteiger partial charge in [0.15, 0.2) is 34.8 Å². The highest BCUT2D eigenvalue weighted by Crippen LogP contribution is 2.45. The quantitative estimate of drug-likeness (QED) is 0.0333. The first kappa shape index (κ1) is 72.8. The molecule has 3 aromatic carbocycles. The van der Waals surface area contributed by atoms with Crippen LogP contribution in [0, 0.1) is 38.5 Å². The molecule has 0 bridgehead atoms. The minimum atomic E-state index is -1.62. The van der Waals surface area contributed by atoms with Gasteiger partial charge < -0.3 is 83.5 Å². The minimum Gasteiger partial charge on any atom is -0.508 e. The van der Waals surface area contributed by atoms with Crippen molar-refractivity contribution in [3.05, 3.63) is 128 Å². The molecule has 2 fully saturated rings. The lowest BCUT2D eigenvalue weighted by molar-refractivity contribution is -0.327. The number of allylic oxidation sites excluding steroid dienone is 4. The van der Waals surface area contributed by atoms with Crippen LogP contribution in [-0.4, -0.2) is 144 Å². The summed E-state index contributed by atoms with van der Waals surface area (Å²) in [5.41, 5.74) is 5.56. The number of rotatable bonds is 14. The molecule has 0 saturated carbocycles. The molecule has 4 aliphatic heterocycles. The average molecular weight is 1200 g/mol. The van der Waals surface area contributed by atoms with E-state index in [9.17, 15) is 65.1 Å².